The number of rotatable bonds is 6. The van der Waals surface area contributed by atoms with Crippen LogP contribution in [0.2, 0.25) is 0 Å². The molecule has 4 nitrogen and oxygen atoms in total. The van der Waals surface area contributed by atoms with Crippen molar-refractivity contribution in [1.29, 1.82) is 0 Å². The van der Waals surface area contributed by atoms with Crippen LogP contribution in [0.25, 0.3) is 0 Å². The maximum absolute atomic E-state index is 11.6. The topological polar surface area (TPSA) is 55.6 Å². The molecule has 0 aromatic carbocycles. The summed E-state index contributed by atoms with van der Waals surface area (Å²) < 4.78 is 4.95. The highest BCUT2D eigenvalue weighted by molar-refractivity contribution is 5.80. The molecule has 0 aromatic rings. The molecule has 78 valence electrons. The van der Waals surface area contributed by atoms with Crippen molar-refractivity contribution in [2.24, 2.45) is 5.73 Å². The molecule has 0 saturated carbocycles. The zero-order valence-corrected chi connectivity index (χ0v) is 8.75. The highest BCUT2D eigenvalue weighted by Crippen LogP contribution is 1.98. The van der Waals surface area contributed by atoms with Gasteiger partial charge >= 0.3 is 0 Å². The monoisotopic (exact) mass is 188 g/mol. The molecule has 0 aliphatic carbocycles. The van der Waals surface area contributed by atoms with Crippen LogP contribution in [0.4, 0.5) is 0 Å². The van der Waals surface area contributed by atoms with E-state index < -0.39 is 0 Å². The summed E-state index contributed by atoms with van der Waals surface area (Å²) in [5, 5.41) is 0. The fraction of sp³-hybridized carbons (Fsp3) is 0.889. The predicted molar refractivity (Wildman–Crippen MR) is 52.4 cm³/mol. The van der Waals surface area contributed by atoms with E-state index in [2.05, 4.69) is 0 Å². The van der Waals surface area contributed by atoms with Crippen LogP contribution in [0.15, 0.2) is 0 Å². The number of nitrogens with two attached hydrogens (primary N) is 1. The lowest BCUT2D eigenvalue weighted by molar-refractivity contribution is -0.140. The summed E-state index contributed by atoms with van der Waals surface area (Å²) >= 11 is 0. The largest absolute Gasteiger partial charge is 0.372 e. The van der Waals surface area contributed by atoms with E-state index in [0.29, 0.717) is 13.1 Å². The SMILES string of the molecule is CCN(CCCN)C(=O)C(C)OC. The first kappa shape index (κ1) is 12.4. The Morgan fingerprint density at radius 1 is 1.62 bits per heavy atom. The van der Waals surface area contributed by atoms with Crippen molar-refractivity contribution in [2.45, 2.75) is 26.4 Å². The van der Waals surface area contributed by atoms with Crippen LogP contribution in [0, 0.1) is 0 Å². The summed E-state index contributed by atoms with van der Waals surface area (Å²) in [6.07, 6.45) is 0.494. The standard InChI is InChI=1S/C9H20N2O2/c1-4-11(7-5-6-10)9(12)8(2)13-3/h8H,4-7,10H2,1-3H3. The minimum Gasteiger partial charge on any atom is -0.372 e. The second kappa shape index (κ2) is 6.86. The van der Waals surface area contributed by atoms with Gasteiger partial charge < -0.3 is 15.4 Å². The molecule has 0 aliphatic heterocycles. The van der Waals surface area contributed by atoms with E-state index in [9.17, 15) is 4.79 Å². The third kappa shape index (κ3) is 4.24. The first-order valence-corrected chi connectivity index (χ1v) is 4.69. The Labute approximate surface area is 80.0 Å². The number of amides is 1. The Hall–Kier alpha value is -0.610. The Balaban J connectivity index is 3.98. The van der Waals surface area contributed by atoms with E-state index in [4.69, 9.17) is 10.5 Å². The fourth-order valence-corrected chi connectivity index (χ4v) is 1.06. The van der Waals surface area contributed by atoms with E-state index in [0.717, 1.165) is 13.0 Å². The summed E-state index contributed by atoms with van der Waals surface area (Å²) in [6.45, 7) is 5.77. The normalized spacial score (nSPS) is 12.6. The maximum Gasteiger partial charge on any atom is 0.251 e. The maximum atomic E-state index is 11.6. The van der Waals surface area contributed by atoms with Gasteiger partial charge in [0, 0.05) is 20.2 Å². The van der Waals surface area contributed by atoms with Gasteiger partial charge in [-0.3, -0.25) is 4.79 Å². The van der Waals surface area contributed by atoms with Crippen molar-refractivity contribution in [3.8, 4) is 0 Å². The van der Waals surface area contributed by atoms with Gasteiger partial charge in [0.05, 0.1) is 0 Å². The molecule has 0 fully saturated rings. The summed E-state index contributed by atoms with van der Waals surface area (Å²) in [7, 11) is 1.54. The third-order valence-corrected chi connectivity index (χ3v) is 2.03. The number of likely N-dealkylation sites (N-methyl/N-ethyl adjacent to an activating group) is 1. The zero-order chi connectivity index (χ0) is 10.3. The van der Waals surface area contributed by atoms with Crippen LogP contribution >= 0.6 is 0 Å². The van der Waals surface area contributed by atoms with Crippen molar-refractivity contribution < 1.29 is 9.53 Å². The lowest BCUT2D eigenvalue weighted by atomic mass is 10.3. The van der Waals surface area contributed by atoms with Gasteiger partial charge in [0.2, 0.25) is 0 Å². The molecule has 0 bridgehead atoms. The third-order valence-electron chi connectivity index (χ3n) is 2.03. The second-order valence-corrected chi connectivity index (χ2v) is 2.94. The van der Waals surface area contributed by atoms with Gasteiger partial charge in [-0.1, -0.05) is 0 Å². The van der Waals surface area contributed by atoms with Gasteiger partial charge in [-0.15, -0.1) is 0 Å². The highest BCUT2D eigenvalue weighted by atomic mass is 16.5. The van der Waals surface area contributed by atoms with Crippen LogP contribution in [-0.4, -0.2) is 43.7 Å². The van der Waals surface area contributed by atoms with Crippen molar-refractivity contribution >= 4 is 5.91 Å². The number of nitrogens with zero attached hydrogens (tertiary/aromatic N) is 1. The number of hydrogen-bond donors (Lipinski definition) is 1. The molecule has 0 spiro atoms. The number of hydrogen-bond acceptors (Lipinski definition) is 3. The summed E-state index contributed by atoms with van der Waals surface area (Å²) in [5.41, 5.74) is 5.37. The summed E-state index contributed by atoms with van der Waals surface area (Å²) in [4.78, 5) is 13.3. The summed E-state index contributed by atoms with van der Waals surface area (Å²) in [5.74, 6) is 0.0402. The first-order chi connectivity index (χ1) is 6.17. The lowest BCUT2D eigenvalue weighted by Gasteiger charge is -2.23. The molecule has 0 saturated heterocycles. The Morgan fingerprint density at radius 3 is 2.62 bits per heavy atom. The molecule has 0 heterocycles. The van der Waals surface area contributed by atoms with Gasteiger partial charge in [-0.2, -0.15) is 0 Å². The molecular weight excluding hydrogens is 168 g/mol. The Morgan fingerprint density at radius 2 is 2.23 bits per heavy atom. The highest BCUT2D eigenvalue weighted by Gasteiger charge is 2.17. The number of carbonyl (C=O) groups is 1. The molecule has 0 radical (unpaired) electrons. The number of carbonyl (C=O) groups excluding carboxylic acids is 1. The van der Waals surface area contributed by atoms with E-state index in [1.165, 1.54) is 0 Å². The molecular formula is C9H20N2O2. The fourth-order valence-electron chi connectivity index (χ4n) is 1.06. The van der Waals surface area contributed by atoms with E-state index >= 15 is 0 Å². The van der Waals surface area contributed by atoms with Crippen LogP contribution in [0.5, 0.6) is 0 Å². The molecule has 0 aromatic heterocycles. The van der Waals surface area contributed by atoms with E-state index in [-0.39, 0.29) is 12.0 Å². The average molecular weight is 188 g/mol. The van der Waals surface area contributed by atoms with E-state index in [1.54, 1.807) is 18.9 Å². The summed E-state index contributed by atoms with van der Waals surface area (Å²) in [6, 6.07) is 0. The smallest absolute Gasteiger partial charge is 0.251 e. The van der Waals surface area contributed by atoms with Crippen LogP contribution in [-0.2, 0) is 9.53 Å². The molecule has 0 aliphatic rings. The van der Waals surface area contributed by atoms with Crippen molar-refractivity contribution in [3.63, 3.8) is 0 Å². The van der Waals surface area contributed by atoms with Crippen molar-refractivity contribution in [1.82, 2.24) is 4.90 Å². The zero-order valence-electron chi connectivity index (χ0n) is 8.75. The van der Waals surface area contributed by atoms with Gasteiger partial charge in [-0.05, 0) is 26.8 Å². The van der Waals surface area contributed by atoms with Crippen LogP contribution in [0.3, 0.4) is 0 Å². The Kier molecular flexibility index (Phi) is 6.54. The number of ether oxygens (including phenoxy) is 1. The van der Waals surface area contributed by atoms with Crippen molar-refractivity contribution in [2.75, 3.05) is 26.7 Å². The molecule has 4 heteroatoms. The van der Waals surface area contributed by atoms with Gasteiger partial charge in [0.15, 0.2) is 0 Å². The molecule has 1 amide bonds. The molecule has 13 heavy (non-hydrogen) atoms. The van der Waals surface area contributed by atoms with Crippen LogP contribution < -0.4 is 5.73 Å². The number of methoxy groups -OCH3 is 1. The van der Waals surface area contributed by atoms with Crippen LogP contribution in [0.1, 0.15) is 20.3 Å². The molecule has 1 unspecified atom stereocenters. The Bertz CT molecular complexity index is 151. The minimum absolute atomic E-state index is 0.0402. The minimum atomic E-state index is -0.349. The van der Waals surface area contributed by atoms with Gasteiger partial charge in [0.1, 0.15) is 6.10 Å². The second-order valence-electron chi connectivity index (χ2n) is 2.94. The average Bonchev–Trinajstić information content (AvgIpc) is 2.17. The molecule has 1 atom stereocenters. The molecule has 2 N–H and O–H groups in total. The van der Waals surface area contributed by atoms with Gasteiger partial charge in [0.25, 0.3) is 5.91 Å². The first-order valence-electron chi connectivity index (χ1n) is 4.69. The van der Waals surface area contributed by atoms with Gasteiger partial charge in [-0.25, -0.2) is 0 Å². The van der Waals surface area contributed by atoms with E-state index in [1.807, 2.05) is 6.92 Å². The lowest BCUT2D eigenvalue weighted by Crippen LogP contribution is -2.39. The molecule has 0 rings (SSSR count). The predicted octanol–water partition coefficient (Wildman–Crippen LogP) is 0.219. The quantitative estimate of drug-likeness (QED) is 0.648. The van der Waals surface area contributed by atoms with Crippen molar-refractivity contribution in [3.05, 3.63) is 0 Å².